The first-order chi connectivity index (χ1) is 11.1. The van der Waals surface area contributed by atoms with Crippen LogP contribution in [0, 0.1) is 0 Å². The van der Waals surface area contributed by atoms with E-state index in [2.05, 4.69) is 4.90 Å². The maximum atomic E-state index is 12.3. The van der Waals surface area contributed by atoms with E-state index < -0.39 is 5.97 Å². The van der Waals surface area contributed by atoms with Crippen LogP contribution in [0.25, 0.3) is 0 Å². The van der Waals surface area contributed by atoms with Crippen molar-refractivity contribution in [3.63, 3.8) is 0 Å². The molecule has 2 heterocycles. The molecule has 1 aromatic carbocycles. The Kier molecular flexibility index (Phi) is 4.97. The van der Waals surface area contributed by atoms with Gasteiger partial charge in [0.05, 0.1) is 17.8 Å². The second-order valence-electron chi connectivity index (χ2n) is 6.26. The van der Waals surface area contributed by atoms with Gasteiger partial charge in [-0.2, -0.15) is 0 Å². The third-order valence-corrected chi connectivity index (χ3v) is 5.29. The average molecular weight is 339 g/mol. The fourth-order valence-corrected chi connectivity index (χ4v) is 3.97. The zero-order valence-electron chi connectivity index (χ0n) is 13.4. The summed E-state index contributed by atoms with van der Waals surface area (Å²) in [6.07, 6.45) is 6.42. The fourth-order valence-electron chi connectivity index (χ4n) is 3.81. The topological polar surface area (TPSA) is 64.8 Å². The van der Waals surface area contributed by atoms with E-state index in [4.69, 9.17) is 26.8 Å². The molecule has 2 saturated heterocycles. The van der Waals surface area contributed by atoms with E-state index in [1.807, 2.05) is 0 Å². The number of piperidine rings is 1. The number of benzene rings is 1. The van der Waals surface area contributed by atoms with Crippen LogP contribution in [0.15, 0.2) is 12.1 Å². The van der Waals surface area contributed by atoms with Gasteiger partial charge < -0.3 is 15.2 Å². The van der Waals surface area contributed by atoms with Crippen LogP contribution in [0.4, 0.5) is 5.69 Å². The second-order valence-corrected chi connectivity index (χ2v) is 6.67. The molecule has 1 aromatic rings. The lowest BCUT2D eigenvalue weighted by molar-refractivity contribution is 0.0392. The molecule has 2 atom stereocenters. The number of nitrogens with two attached hydrogens (primary N) is 1. The van der Waals surface area contributed by atoms with E-state index in [1.165, 1.54) is 45.3 Å². The average Bonchev–Trinajstić information content (AvgIpc) is 2.77. The Bertz CT molecular complexity index is 577. The number of carbonyl (C=O) groups is 1. The molecule has 0 amide bonds. The number of nitrogen functional groups attached to an aromatic ring is 1. The van der Waals surface area contributed by atoms with Crippen molar-refractivity contribution < 1.29 is 14.3 Å². The van der Waals surface area contributed by atoms with Crippen molar-refractivity contribution in [1.82, 2.24) is 4.90 Å². The predicted molar refractivity (Wildman–Crippen MR) is 90.1 cm³/mol. The van der Waals surface area contributed by atoms with Gasteiger partial charge in [-0.05, 0) is 31.7 Å². The third kappa shape index (κ3) is 3.40. The van der Waals surface area contributed by atoms with Gasteiger partial charge >= 0.3 is 5.97 Å². The number of fused-ring (bicyclic) bond motifs is 2. The Morgan fingerprint density at radius 2 is 2.00 bits per heavy atom. The monoisotopic (exact) mass is 338 g/mol. The smallest absolute Gasteiger partial charge is 0.342 e. The lowest BCUT2D eigenvalue weighted by Gasteiger charge is -2.34. The van der Waals surface area contributed by atoms with Crippen molar-refractivity contribution in [2.45, 2.75) is 44.2 Å². The minimum atomic E-state index is -0.423. The molecule has 23 heavy (non-hydrogen) atoms. The fraction of sp³-hybridized carbons (Fsp3) is 0.588. The molecule has 0 saturated carbocycles. The molecule has 0 aliphatic carbocycles. The number of hydrogen-bond acceptors (Lipinski definition) is 5. The van der Waals surface area contributed by atoms with Gasteiger partial charge in [0.1, 0.15) is 17.9 Å². The van der Waals surface area contributed by atoms with Gasteiger partial charge in [0.25, 0.3) is 0 Å². The number of halogens is 1. The first-order valence-electron chi connectivity index (χ1n) is 8.16. The van der Waals surface area contributed by atoms with Gasteiger partial charge in [0.2, 0.25) is 0 Å². The van der Waals surface area contributed by atoms with E-state index in [0.717, 1.165) is 6.54 Å². The molecule has 3 rings (SSSR count). The van der Waals surface area contributed by atoms with Crippen molar-refractivity contribution in [2.24, 2.45) is 0 Å². The summed E-state index contributed by atoms with van der Waals surface area (Å²) in [5, 5.41) is 0.326. The van der Waals surface area contributed by atoms with Crippen molar-refractivity contribution in [3.8, 4) is 5.75 Å². The molecule has 2 aliphatic rings. The van der Waals surface area contributed by atoms with E-state index in [-0.39, 0.29) is 0 Å². The number of rotatable bonds is 5. The summed E-state index contributed by atoms with van der Waals surface area (Å²) in [6.45, 7) is 1.18. The molecular weight excluding hydrogens is 316 g/mol. The van der Waals surface area contributed by atoms with Crippen molar-refractivity contribution in [3.05, 3.63) is 22.7 Å². The second kappa shape index (κ2) is 6.97. The van der Waals surface area contributed by atoms with Crippen LogP contribution in [-0.2, 0) is 4.74 Å². The van der Waals surface area contributed by atoms with E-state index in [0.29, 0.717) is 40.7 Å². The van der Waals surface area contributed by atoms with Crippen LogP contribution >= 0.6 is 11.6 Å². The summed E-state index contributed by atoms with van der Waals surface area (Å²) in [6, 6.07) is 4.40. The normalized spacial score (nSPS) is 23.7. The van der Waals surface area contributed by atoms with E-state index in [9.17, 15) is 4.79 Å². The maximum Gasteiger partial charge on any atom is 0.342 e. The molecule has 126 valence electrons. The molecule has 2 N–H and O–H groups in total. The lowest BCUT2D eigenvalue weighted by Crippen LogP contribution is -2.41. The molecule has 0 aromatic heterocycles. The number of methoxy groups -OCH3 is 1. The third-order valence-electron chi connectivity index (χ3n) is 4.97. The molecular formula is C17H23ClN2O3. The Morgan fingerprint density at radius 3 is 2.65 bits per heavy atom. The molecule has 0 radical (unpaired) electrons. The van der Waals surface area contributed by atoms with Crippen molar-refractivity contribution in [2.75, 3.05) is 26.0 Å². The largest absolute Gasteiger partial charge is 0.496 e. The molecule has 2 aliphatic heterocycles. The van der Waals surface area contributed by atoms with Crippen molar-refractivity contribution >= 4 is 23.3 Å². The van der Waals surface area contributed by atoms with E-state index >= 15 is 0 Å². The maximum absolute atomic E-state index is 12.3. The quantitative estimate of drug-likeness (QED) is 0.660. The number of carbonyl (C=O) groups excluding carboxylic acids is 1. The van der Waals surface area contributed by atoms with Crippen LogP contribution in [0.5, 0.6) is 5.75 Å². The van der Waals surface area contributed by atoms with Crippen molar-refractivity contribution in [1.29, 1.82) is 0 Å². The molecule has 2 fully saturated rings. The van der Waals surface area contributed by atoms with E-state index in [1.54, 1.807) is 6.07 Å². The Hall–Kier alpha value is -1.46. The first-order valence-corrected chi connectivity index (χ1v) is 8.54. The van der Waals surface area contributed by atoms with Gasteiger partial charge in [-0.15, -0.1) is 0 Å². The lowest BCUT2D eigenvalue weighted by atomic mass is 10.0. The number of esters is 1. The van der Waals surface area contributed by atoms with Crippen LogP contribution in [0.2, 0.25) is 5.02 Å². The Morgan fingerprint density at radius 1 is 1.30 bits per heavy atom. The SMILES string of the molecule is COc1cc(N)c(Cl)cc1C(=O)OCCN1[C@@H]2CCC[C@H]1CC2. The zero-order chi connectivity index (χ0) is 16.4. The molecule has 2 bridgehead atoms. The summed E-state index contributed by atoms with van der Waals surface area (Å²) >= 11 is 5.99. The minimum Gasteiger partial charge on any atom is -0.496 e. The first kappa shape index (κ1) is 16.4. The number of nitrogens with zero attached hydrogens (tertiary/aromatic N) is 1. The van der Waals surface area contributed by atoms with Crippen LogP contribution in [0.3, 0.4) is 0 Å². The Labute approximate surface area is 141 Å². The standard InChI is InChI=1S/C17H23ClN2O3/c1-22-16-10-15(19)14(18)9-13(16)17(21)23-8-7-20-11-3-2-4-12(20)6-5-11/h9-12H,2-8,19H2,1H3/t11-,12+. The summed E-state index contributed by atoms with van der Waals surface area (Å²) in [5.41, 5.74) is 6.42. The van der Waals surface area contributed by atoms with Gasteiger partial charge in [-0.1, -0.05) is 18.0 Å². The van der Waals surface area contributed by atoms with Crippen LogP contribution in [-0.4, -0.2) is 43.2 Å². The number of anilines is 1. The number of ether oxygens (including phenoxy) is 2. The van der Waals surface area contributed by atoms with Gasteiger partial charge in [0, 0.05) is 24.7 Å². The van der Waals surface area contributed by atoms with Gasteiger partial charge in [0.15, 0.2) is 0 Å². The Balaban J connectivity index is 1.58. The highest BCUT2D eigenvalue weighted by Gasteiger charge is 2.36. The summed E-state index contributed by atoms with van der Waals surface area (Å²) < 4.78 is 10.6. The molecule has 6 heteroatoms. The van der Waals surface area contributed by atoms with Gasteiger partial charge in [-0.25, -0.2) is 4.79 Å². The highest BCUT2D eigenvalue weighted by Crippen LogP contribution is 2.35. The molecule has 0 unspecified atom stereocenters. The predicted octanol–water partition coefficient (Wildman–Crippen LogP) is 3.10. The summed E-state index contributed by atoms with van der Waals surface area (Å²) in [5.74, 6) is -0.0388. The highest BCUT2D eigenvalue weighted by molar-refractivity contribution is 6.33. The van der Waals surface area contributed by atoms with Crippen LogP contribution < -0.4 is 10.5 Å². The minimum absolute atomic E-state index is 0.313. The van der Waals surface area contributed by atoms with Crippen LogP contribution in [0.1, 0.15) is 42.5 Å². The number of hydrogen-bond donors (Lipinski definition) is 1. The zero-order valence-corrected chi connectivity index (χ0v) is 14.1. The highest BCUT2D eigenvalue weighted by atomic mass is 35.5. The van der Waals surface area contributed by atoms with Gasteiger partial charge in [-0.3, -0.25) is 4.90 Å². The summed E-state index contributed by atoms with van der Waals surface area (Å²) in [4.78, 5) is 14.8. The summed E-state index contributed by atoms with van der Waals surface area (Å²) in [7, 11) is 1.49. The molecule has 5 nitrogen and oxygen atoms in total. The molecule has 0 spiro atoms.